The molecule has 2 unspecified atom stereocenters. The van der Waals surface area contributed by atoms with Gasteiger partial charge in [-0.15, -0.1) is 0 Å². The molecule has 2 N–H and O–H groups in total. The summed E-state index contributed by atoms with van der Waals surface area (Å²) in [6.45, 7) is 7.87. The van der Waals surface area contributed by atoms with Crippen molar-refractivity contribution in [3.63, 3.8) is 0 Å². The largest absolute Gasteiger partial charge is 0.382 e. The number of amides is 2. The van der Waals surface area contributed by atoms with Gasteiger partial charge in [0, 0.05) is 48.2 Å². The smallest absolute Gasteiger partial charge is 0.256 e. The molecule has 2 aromatic carbocycles. The first-order chi connectivity index (χ1) is 14.5. The lowest BCUT2D eigenvalue weighted by Crippen LogP contribution is -2.34. The molecule has 0 fully saturated rings. The molecule has 160 valence electrons. The Balaban J connectivity index is 1.79. The van der Waals surface area contributed by atoms with Crippen LogP contribution in [0.5, 0.6) is 0 Å². The second-order valence-electron chi connectivity index (χ2n) is 7.55. The van der Waals surface area contributed by atoms with Crippen molar-refractivity contribution in [2.45, 2.75) is 45.8 Å². The van der Waals surface area contributed by atoms with Gasteiger partial charge in [-0.05, 0) is 51.0 Å². The van der Waals surface area contributed by atoms with E-state index in [1.54, 1.807) is 6.07 Å². The Kier molecular flexibility index (Phi) is 7.46. The van der Waals surface area contributed by atoms with Crippen LogP contribution in [-0.4, -0.2) is 42.5 Å². The fourth-order valence-corrected chi connectivity index (χ4v) is 3.55. The molecule has 1 aliphatic rings. The summed E-state index contributed by atoms with van der Waals surface area (Å²) >= 11 is 0. The molecule has 30 heavy (non-hydrogen) atoms. The van der Waals surface area contributed by atoms with Crippen molar-refractivity contribution in [1.29, 1.82) is 0 Å². The maximum absolute atomic E-state index is 13.0. The van der Waals surface area contributed by atoms with Crippen LogP contribution in [-0.2, 0) is 4.74 Å². The summed E-state index contributed by atoms with van der Waals surface area (Å²) in [7, 11) is 0. The third kappa shape index (κ3) is 5.00. The van der Waals surface area contributed by atoms with Crippen LogP contribution in [0.3, 0.4) is 0 Å². The number of hydrogen-bond donors (Lipinski definition) is 2. The molecule has 1 aliphatic heterocycles. The molecule has 0 aromatic heterocycles. The Labute approximate surface area is 178 Å². The topological polar surface area (TPSA) is 70.7 Å². The summed E-state index contributed by atoms with van der Waals surface area (Å²) in [5, 5.41) is 6.46. The van der Waals surface area contributed by atoms with E-state index in [0.717, 1.165) is 29.7 Å². The van der Waals surface area contributed by atoms with Gasteiger partial charge in [0.1, 0.15) is 6.17 Å². The first-order valence-electron chi connectivity index (χ1n) is 10.7. The van der Waals surface area contributed by atoms with Crippen LogP contribution in [0.2, 0.25) is 0 Å². The summed E-state index contributed by atoms with van der Waals surface area (Å²) in [4.78, 5) is 27.3. The molecule has 0 radical (unpaired) electrons. The molecular weight excluding hydrogens is 378 g/mol. The quantitative estimate of drug-likeness (QED) is 0.577. The maximum atomic E-state index is 13.0. The summed E-state index contributed by atoms with van der Waals surface area (Å²) in [5.41, 5.74) is 3.07. The molecule has 2 atom stereocenters. The Morgan fingerprint density at radius 2 is 1.97 bits per heavy atom. The minimum atomic E-state index is -0.275. The number of rotatable bonds is 10. The predicted octanol–water partition coefficient (Wildman–Crippen LogP) is 4.21. The first-order valence-corrected chi connectivity index (χ1v) is 10.7. The van der Waals surface area contributed by atoms with Crippen LogP contribution in [0.4, 0.5) is 5.69 Å². The van der Waals surface area contributed by atoms with Gasteiger partial charge in [-0.3, -0.25) is 9.59 Å². The van der Waals surface area contributed by atoms with Crippen LogP contribution in [0.1, 0.15) is 66.1 Å². The van der Waals surface area contributed by atoms with E-state index >= 15 is 0 Å². The molecule has 2 amide bonds. The summed E-state index contributed by atoms with van der Waals surface area (Å²) < 4.78 is 5.44. The van der Waals surface area contributed by atoms with E-state index in [2.05, 4.69) is 10.6 Å². The van der Waals surface area contributed by atoms with Gasteiger partial charge in [-0.1, -0.05) is 31.2 Å². The normalized spacial score (nSPS) is 16.3. The molecule has 0 aliphatic carbocycles. The van der Waals surface area contributed by atoms with Crippen molar-refractivity contribution in [3.05, 3.63) is 65.2 Å². The minimum absolute atomic E-state index is 0.0188. The monoisotopic (exact) mass is 409 g/mol. The summed E-state index contributed by atoms with van der Waals surface area (Å²) in [6.07, 6.45) is 1.37. The van der Waals surface area contributed by atoms with E-state index < -0.39 is 0 Å². The lowest BCUT2D eigenvalue weighted by molar-refractivity contribution is 0.0708. The molecule has 2 aromatic rings. The SMILES string of the molecule is CCOCCCN1C(=O)c2ccccc2C1Nc1cccc(C(=O)NC(C)CC)c1. The molecule has 0 spiro atoms. The average Bonchev–Trinajstić information content (AvgIpc) is 3.02. The van der Waals surface area contributed by atoms with E-state index in [0.29, 0.717) is 25.3 Å². The maximum Gasteiger partial charge on any atom is 0.256 e. The third-order valence-corrected chi connectivity index (χ3v) is 5.37. The zero-order chi connectivity index (χ0) is 21.5. The van der Waals surface area contributed by atoms with E-state index in [1.807, 2.05) is 68.1 Å². The Hall–Kier alpha value is -2.86. The zero-order valence-corrected chi connectivity index (χ0v) is 18.0. The molecule has 6 heteroatoms. The summed E-state index contributed by atoms with van der Waals surface area (Å²) in [5.74, 6) is -0.0743. The number of anilines is 1. The highest BCUT2D eigenvalue weighted by Gasteiger charge is 2.36. The van der Waals surface area contributed by atoms with Crippen LogP contribution in [0.15, 0.2) is 48.5 Å². The van der Waals surface area contributed by atoms with Gasteiger partial charge in [0.15, 0.2) is 0 Å². The Morgan fingerprint density at radius 1 is 1.17 bits per heavy atom. The van der Waals surface area contributed by atoms with Crippen LogP contribution in [0, 0.1) is 0 Å². The van der Waals surface area contributed by atoms with Crippen LogP contribution in [0.25, 0.3) is 0 Å². The van der Waals surface area contributed by atoms with Crippen molar-refractivity contribution in [2.75, 3.05) is 25.1 Å². The lowest BCUT2D eigenvalue weighted by Gasteiger charge is -2.27. The number of ether oxygens (including phenoxy) is 1. The number of nitrogens with zero attached hydrogens (tertiary/aromatic N) is 1. The second kappa shape index (κ2) is 10.3. The Bertz CT molecular complexity index is 884. The highest BCUT2D eigenvalue weighted by Crippen LogP contribution is 2.34. The van der Waals surface area contributed by atoms with Gasteiger partial charge in [0.2, 0.25) is 0 Å². The fourth-order valence-electron chi connectivity index (χ4n) is 3.55. The number of benzene rings is 2. The number of carbonyl (C=O) groups excluding carboxylic acids is 2. The van der Waals surface area contributed by atoms with E-state index in [1.165, 1.54) is 0 Å². The van der Waals surface area contributed by atoms with Gasteiger partial charge < -0.3 is 20.3 Å². The van der Waals surface area contributed by atoms with Crippen molar-refractivity contribution in [3.8, 4) is 0 Å². The first kappa shape index (κ1) is 21.8. The Morgan fingerprint density at radius 3 is 2.73 bits per heavy atom. The van der Waals surface area contributed by atoms with Crippen molar-refractivity contribution < 1.29 is 14.3 Å². The van der Waals surface area contributed by atoms with E-state index in [-0.39, 0.29) is 24.0 Å². The standard InChI is InChI=1S/C24H31N3O3/c1-4-17(3)25-23(28)18-10-8-11-19(16-18)26-22-20-12-6-7-13-21(20)24(29)27(22)14-9-15-30-5-2/h6-8,10-13,16-17,22,26H,4-5,9,14-15H2,1-3H3,(H,25,28). The van der Waals surface area contributed by atoms with Gasteiger partial charge >= 0.3 is 0 Å². The highest BCUT2D eigenvalue weighted by atomic mass is 16.5. The average molecular weight is 410 g/mol. The number of hydrogen-bond acceptors (Lipinski definition) is 4. The summed E-state index contributed by atoms with van der Waals surface area (Å²) in [6, 6.07) is 15.2. The predicted molar refractivity (Wildman–Crippen MR) is 119 cm³/mol. The van der Waals surface area contributed by atoms with Crippen LogP contribution >= 0.6 is 0 Å². The fraction of sp³-hybridized carbons (Fsp3) is 0.417. The molecular formula is C24H31N3O3. The second-order valence-corrected chi connectivity index (χ2v) is 7.55. The highest BCUT2D eigenvalue weighted by molar-refractivity contribution is 5.99. The molecule has 0 bridgehead atoms. The van der Waals surface area contributed by atoms with Gasteiger partial charge in [-0.25, -0.2) is 0 Å². The van der Waals surface area contributed by atoms with Gasteiger partial charge in [0.25, 0.3) is 11.8 Å². The molecule has 1 heterocycles. The van der Waals surface area contributed by atoms with Crippen molar-refractivity contribution >= 4 is 17.5 Å². The molecule has 3 rings (SSSR count). The van der Waals surface area contributed by atoms with E-state index in [9.17, 15) is 9.59 Å². The van der Waals surface area contributed by atoms with Crippen molar-refractivity contribution in [2.24, 2.45) is 0 Å². The third-order valence-electron chi connectivity index (χ3n) is 5.37. The number of nitrogens with one attached hydrogen (secondary N) is 2. The van der Waals surface area contributed by atoms with E-state index in [4.69, 9.17) is 4.74 Å². The molecule has 0 saturated carbocycles. The van der Waals surface area contributed by atoms with Gasteiger partial charge in [0.05, 0.1) is 0 Å². The van der Waals surface area contributed by atoms with Gasteiger partial charge in [-0.2, -0.15) is 0 Å². The van der Waals surface area contributed by atoms with Crippen LogP contribution < -0.4 is 10.6 Å². The molecule has 0 saturated heterocycles. The minimum Gasteiger partial charge on any atom is -0.382 e. The lowest BCUT2D eigenvalue weighted by atomic mass is 10.1. The number of carbonyl (C=O) groups is 2. The molecule has 6 nitrogen and oxygen atoms in total. The number of fused-ring (bicyclic) bond motifs is 1. The zero-order valence-electron chi connectivity index (χ0n) is 18.0. The van der Waals surface area contributed by atoms with Crippen molar-refractivity contribution in [1.82, 2.24) is 10.2 Å².